The molecule has 2 heteroatoms. The van der Waals surface area contributed by atoms with Crippen molar-refractivity contribution >= 4 is 0 Å². The van der Waals surface area contributed by atoms with E-state index >= 15 is 0 Å². The Bertz CT molecular complexity index is 175. The predicted molar refractivity (Wildman–Crippen MR) is 53.8 cm³/mol. The molecule has 13 heavy (non-hydrogen) atoms. The van der Waals surface area contributed by atoms with Crippen LogP contribution in [-0.4, -0.2) is 25.8 Å². The van der Waals surface area contributed by atoms with Crippen LogP contribution < -0.4 is 5.32 Å². The van der Waals surface area contributed by atoms with Gasteiger partial charge in [-0.15, -0.1) is 0 Å². The molecule has 2 saturated heterocycles. The Morgan fingerprint density at radius 3 is 3.15 bits per heavy atom. The molecular weight excluding hydrogens is 162 g/mol. The average Bonchev–Trinajstić information content (AvgIpc) is 2.69. The zero-order chi connectivity index (χ0) is 8.93. The van der Waals surface area contributed by atoms with Crippen molar-refractivity contribution in [2.24, 2.45) is 0 Å². The average molecular weight is 181 g/mol. The monoisotopic (exact) mass is 181 g/mol. The van der Waals surface area contributed by atoms with Crippen molar-refractivity contribution in [3.63, 3.8) is 0 Å². The third kappa shape index (κ3) is 2.82. The van der Waals surface area contributed by atoms with Crippen LogP contribution in [0.15, 0.2) is 11.6 Å². The third-order valence-corrected chi connectivity index (χ3v) is 2.90. The largest absolute Gasteiger partial charge is 0.378 e. The number of nitrogens with one attached hydrogen (secondary N) is 1. The molecule has 1 N–H and O–H groups in total. The highest BCUT2D eigenvalue weighted by Crippen LogP contribution is 2.18. The molecule has 0 amide bonds. The van der Waals surface area contributed by atoms with Crippen molar-refractivity contribution < 1.29 is 4.74 Å². The first kappa shape index (κ1) is 9.22. The summed E-state index contributed by atoms with van der Waals surface area (Å²) in [5.41, 5.74) is 1.58. The van der Waals surface area contributed by atoms with Crippen molar-refractivity contribution in [3.05, 3.63) is 11.6 Å². The van der Waals surface area contributed by atoms with E-state index in [1.165, 1.54) is 32.2 Å². The van der Waals surface area contributed by atoms with Crippen LogP contribution in [0.5, 0.6) is 0 Å². The molecule has 2 fully saturated rings. The van der Waals surface area contributed by atoms with Gasteiger partial charge in [-0.25, -0.2) is 0 Å². The lowest BCUT2D eigenvalue weighted by atomic mass is 10.0. The summed E-state index contributed by atoms with van der Waals surface area (Å²) in [5.74, 6) is 0. The molecule has 2 aliphatic heterocycles. The van der Waals surface area contributed by atoms with E-state index in [0.29, 0.717) is 6.10 Å². The zero-order valence-corrected chi connectivity index (χ0v) is 8.22. The SMILES string of the molecule is C(/CC1CCCO1)=C1\CCCNC1. The molecule has 0 aromatic heterocycles. The summed E-state index contributed by atoms with van der Waals surface area (Å²) in [4.78, 5) is 0. The van der Waals surface area contributed by atoms with Crippen molar-refractivity contribution in [1.82, 2.24) is 5.32 Å². The maximum absolute atomic E-state index is 5.58. The van der Waals surface area contributed by atoms with Gasteiger partial charge in [-0.3, -0.25) is 0 Å². The maximum Gasteiger partial charge on any atom is 0.0610 e. The lowest BCUT2D eigenvalue weighted by Crippen LogP contribution is -2.24. The number of piperidine rings is 1. The van der Waals surface area contributed by atoms with E-state index in [1.54, 1.807) is 5.57 Å². The third-order valence-electron chi connectivity index (χ3n) is 2.90. The van der Waals surface area contributed by atoms with Crippen molar-refractivity contribution in [3.8, 4) is 0 Å². The Morgan fingerprint density at radius 2 is 2.46 bits per heavy atom. The first-order chi connectivity index (χ1) is 6.45. The maximum atomic E-state index is 5.58. The minimum atomic E-state index is 0.523. The number of rotatable bonds is 2. The Hall–Kier alpha value is -0.340. The van der Waals surface area contributed by atoms with Crippen LogP contribution in [0.4, 0.5) is 0 Å². The molecule has 0 bridgehead atoms. The molecule has 2 aliphatic rings. The number of ether oxygens (including phenoxy) is 1. The Balaban J connectivity index is 1.74. The lowest BCUT2D eigenvalue weighted by Gasteiger charge is -2.16. The van der Waals surface area contributed by atoms with Crippen molar-refractivity contribution in [2.75, 3.05) is 19.7 Å². The van der Waals surface area contributed by atoms with Gasteiger partial charge >= 0.3 is 0 Å². The molecule has 2 rings (SSSR count). The topological polar surface area (TPSA) is 21.3 Å². The Labute approximate surface area is 80.4 Å². The molecule has 0 radical (unpaired) electrons. The van der Waals surface area contributed by atoms with Gasteiger partial charge in [-0.2, -0.15) is 0 Å². The summed E-state index contributed by atoms with van der Waals surface area (Å²) in [5, 5.41) is 3.40. The van der Waals surface area contributed by atoms with E-state index in [2.05, 4.69) is 11.4 Å². The van der Waals surface area contributed by atoms with E-state index in [9.17, 15) is 0 Å². The zero-order valence-electron chi connectivity index (χ0n) is 8.22. The van der Waals surface area contributed by atoms with Gasteiger partial charge in [0.15, 0.2) is 0 Å². The van der Waals surface area contributed by atoms with Gasteiger partial charge < -0.3 is 10.1 Å². The molecule has 0 aromatic carbocycles. The fourth-order valence-corrected chi connectivity index (χ4v) is 2.08. The quantitative estimate of drug-likeness (QED) is 0.657. The first-order valence-electron chi connectivity index (χ1n) is 5.45. The van der Waals surface area contributed by atoms with Gasteiger partial charge in [-0.1, -0.05) is 11.6 Å². The van der Waals surface area contributed by atoms with Crippen LogP contribution >= 0.6 is 0 Å². The predicted octanol–water partition coefficient (Wildman–Crippen LogP) is 1.87. The smallest absolute Gasteiger partial charge is 0.0610 e. The Morgan fingerprint density at radius 1 is 1.46 bits per heavy atom. The second-order valence-corrected chi connectivity index (χ2v) is 4.01. The van der Waals surface area contributed by atoms with E-state index in [-0.39, 0.29) is 0 Å². The van der Waals surface area contributed by atoms with E-state index in [1.807, 2.05) is 0 Å². The minimum absolute atomic E-state index is 0.523. The summed E-state index contributed by atoms with van der Waals surface area (Å²) in [6.07, 6.45) is 9.16. The molecule has 0 aromatic rings. The van der Waals surface area contributed by atoms with Gasteiger partial charge in [0, 0.05) is 13.2 Å². The normalized spacial score (nSPS) is 32.6. The van der Waals surface area contributed by atoms with Crippen LogP contribution in [0.1, 0.15) is 32.1 Å². The number of hydrogen-bond acceptors (Lipinski definition) is 2. The summed E-state index contributed by atoms with van der Waals surface area (Å²) >= 11 is 0. The van der Waals surface area contributed by atoms with Crippen molar-refractivity contribution in [1.29, 1.82) is 0 Å². The molecular formula is C11H19NO. The highest BCUT2D eigenvalue weighted by molar-refractivity contribution is 5.07. The van der Waals surface area contributed by atoms with Gasteiger partial charge in [-0.05, 0) is 38.6 Å². The second-order valence-electron chi connectivity index (χ2n) is 4.01. The van der Waals surface area contributed by atoms with Crippen LogP contribution in [0.2, 0.25) is 0 Å². The lowest BCUT2D eigenvalue weighted by molar-refractivity contribution is 0.113. The van der Waals surface area contributed by atoms with Gasteiger partial charge in [0.25, 0.3) is 0 Å². The van der Waals surface area contributed by atoms with Crippen LogP contribution in [0.3, 0.4) is 0 Å². The molecule has 2 heterocycles. The van der Waals surface area contributed by atoms with Crippen LogP contribution in [0.25, 0.3) is 0 Å². The van der Waals surface area contributed by atoms with E-state index in [0.717, 1.165) is 19.6 Å². The fourth-order valence-electron chi connectivity index (χ4n) is 2.08. The highest BCUT2D eigenvalue weighted by atomic mass is 16.5. The summed E-state index contributed by atoms with van der Waals surface area (Å²) < 4.78 is 5.58. The molecule has 0 aliphatic carbocycles. The van der Waals surface area contributed by atoms with Crippen LogP contribution in [-0.2, 0) is 4.74 Å². The van der Waals surface area contributed by atoms with Crippen LogP contribution in [0, 0.1) is 0 Å². The second kappa shape index (κ2) is 4.77. The Kier molecular flexibility index (Phi) is 3.39. The fraction of sp³-hybridized carbons (Fsp3) is 0.818. The van der Waals surface area contributed by atoms with E-state index in [4.69, 9.17) is 4.74 Å². The van der Waals surface area contributed by atoms with Gasteiger partial charge in [0.05, 0.1) is 6.10 Å². The molecule has 0 spiro atoms. The number of hydrogen-bond donors (Lipinski definition) is 1. The summed E-state index contributed by atoms with van der Waals surface area (Å²) in [6.45, 7) is 3.27. The highest BCUT2D eigenvalue weighted by Gasteiger charge is 2.14. The van der Waals surface area contributed by atoms with Gasteiger partial charge in [0.1, 0.15) is 0 Å². The molecule has 2 nitrogen and oxygen atoms in total. The summed E-state index contributed by atoms with van der Waals surface area (Å²) in [7, 11) is 0. The van der Waals surface area contributed by atoms with Crippen molar-refractivity contribution in [2.45, 2.75) is 38.2 Å². The summed E-state index contributed by atoms with van der Waals surface area (Å²) in [6, 6.07) is 0. The van der Waals surface area contributed by atoms with Gasteiger partial charge in [0.2, 0.25) is 0 Å². The molecule has 1 unspecified atom stereocenters. The molecule has 1 atom stereocenters. The van der Waals surface area contributed by atoms with E-state index < -0.39 is 0 Å². The first-order valence-corrected chi connectivity index (χ1v) is 5.45. The molecule has 0 saturated carbocycles. The minimum Gasteiger partial charge on any atom is -0.378 e. The molecule has 74 valence electrons. The standard InChI is InChI=1S/C11H19NO/c1-3-10(9-12-7-1)5-6-11-4-2-8-13-11/h5,11-12H,1-4,6-9H2/b10-5-.